The zero-order valence-corrected chi connectivity index (χ0v) is 20.2. The van der Waals surface area contributed by atoms with Crippen molar-refractivity contribution in [3.05, 3.63) is 83.3 Å². The number of nitrogens with zero attached hydrogens (tertiary/aromatic N) is 4. The first-order valence-electron chi connectivity index (χ1n) is 10.7. The topological polar surface area (TPSA) is 184 Å². The SMILES string of the molecule is Cc1nc(N=Nc2cccc(C(=O)Nc3cccc4cnccc34)c2)c(COP(=O)(O)O)c(C=O)c1O. The number of amides is 1. The molecule has 0 unspecified atom stereocenters. The monoisotopic (exact) mass is 521 g/mol. The van der Waals surface area contributed by atoms with Gasteiger partial charge in [-0.1, -0.05) is 18.2 Å². The number of hydrogen-bond acceptors (Lipinski definition) is 9. The van der Waals surface area contributed by atoms with Gasteiger partial charge in [0.1, 0.15) is 5.75 Å². The molecule has 4 N–H and O–H groups in total. The van der Waals surface area contributed by atoms with Crippen molar-refractivity contribution in [2.24, 2.45) is 10.2 Å². The van der Waals surface area contributed by atoms with Gasteiger partial charge in [0.05, 0.1) is 23.6 Å². The Morgan fingerprint density at radius 2 is 1.95 bits per heavy atom. The van der Waals surface area contributed by atoms with Crippen molar-refractivity contribution in [3.63, 3.8) is 0 Å². The van der Waals surface area contributed by atoms with Crippen LogP contribution in [0.4, 0.5) is 17.2 Å². The maximum Gasteiger partial charge on any atom is 0.469 e. The molecule has 4 rings (SSSR count). The summed E-state index contributed by atoms with van der Waals surface area (Å²) in [5, 5.41) is 22.7. The van der Waals surface area contributed by atoms with Crippen LogP contribution < -0.4 is 5.32 Å². The van der Waals surface area contributed by atoms with E-state index in [1.807, 2.05) is 6.07 Å². The molecule has 12 nitrogen and oxygen atoms in total. The van der Waals surface area contributed by atoms with E-state index in [1.54, 1.807) is 48.8 Å². The maximum absolute atomic E-state index is 12.9. The predicted octanol–water partition coefficient (Wildman–Crippen LogP) is 4.73. The number of carbonyl (C=O) groups is 2. The lowest BCUT2D eigenvalue weighted by atomic mass is 10.1. The molecule has 0 atom stereocenters. The molecule has 4 aromatic rings. The van der Waals surface area contributed by atoms with E-state index < -0.39 is 20.2 Å². The number of aromatic nitrogens is 2. The molecule has 0 aliphatic carbocycles. The van der Waals surface area contributed by atoms with Gasteiger partial charge in [-0.3, -0.25) is 19.1 Å². The van der Waals surface area contributed by atoms with Gasteiger partial charge in [0.2, 0.25) is 0 Å². The minimum absolute atomic E-state index is 0.0504. The summed E-state index contributed by atoms with van der Waals surface area (Å²) in [5.41, 5.74) is 0.761. The Kier molecular flexibility index (Phi) is 7.46. The zero-order chi connectivity index (χ0) is 26.6. The first-order chi connectivity index (χ1) is 17.7. The molecule has 1 amide bonds. The zero-order valence-electron chi connectivity index (χ0n) is 19.3. The van der Waals surface area contributed by atoms with E-state index in [4.69, 9.17) is 9.79 Å². The normalized spacial score (nSPS) is 11.6. The molecule has 0 bridgehead atoms. The molecule has 0 radical (unpaired) electrons. The number of rotatable bonds is 8. The molecule has 188 valence electrons. The van der Waals surface area contributed by atoms with E-state index in [0.29, 0.717) is 12.0 Å². The second kappa shape index (κ2) is 10.7. The van der Waals surface area contributed by atoms with Crippen LogP contribution >= 0.6 is 7.82 Å². The van der Waals surface area contributed by atoms with Crippen LogP contribution in [0.5, 0.6) is 5.75 Å². The Balaban J connectivity index is 1.62. The molecule has 0 saturated heterocycles. The van der Waals surface area contributed by atoms with Gasteiger partial charge < -0.3 is 20.2 Å². The third kappa shape index (κ3) is 6.08. The third-order valence-electron chi connectivity index (χ3n) is 5.26. The van der Waals surface area contributed by atoms with Crippen LogP contribution in [0.2, 0.25) is 0 Å². The van der Waals surface area contributed by atoms with Crippen LogP contribution in [0.1, 0.15) is 32.0 Å². The smallest absolute Gasteiger partial charge is 0.469 e. The number of phosphoric acid groups is 1. The Morgan fingerprint density at radius 1 is 1.16 bits per heavy atom. The van der Waals surface area contributed by atoms with Crippen molar-refractivity contribution in [2.75, 3.05) is 5.32 Å². The first kappa shape index (κ1) is 25.7. The van der Waals surface area contributed by atoms with Gasteiger partial charge >= 0.3 is 7.82 Å². The summed E-state index contributed by atoms with van der Waals surface area (Å²) in [6, 6.07) is 13.5. The van der Waals surface area contributed by atoms with Gasteiger partial charge in [-0.15, -0.1) is 10.2 Å². The summed E-state index contributed by atoms with van der Waals surface area (Å²) in [5.74, 6) is -1.05. The number of aryl methyl sites for hydroxylation is 1. The van der Waals surface area contributed by atoms with Crippen molar-refractivity contribution in [1.82, 2.24) is 9.97 Å². The van der Waals surface area contributed by atoms with E-state index in [2.05, 4.69) is 30.0 Å². The summed E-state index contributed by atoms with van der Waals surface area (Å²) in [7, 11) is -4.89. The summed E-state index contributed by atoms with van der Waals surface area (Å²) in [4.78, 5) is 50.7. The molecular formula is C24H20N5O7P. The fraction of sp³-hybridized carbons (Fsp3) is 0.0833. The van der Waals surface area contributed by atoms with Crippen molar-refractivity contribution < 1.29 is 33.6 Å². The number of carbonyl (C=O) groups excluding carboxylic acids is 2. The number of hydrogen-bond donors (Lipinski definition) is 4. The standard InChI is InChI=1S/C24H20N5O7P/c1-14-22(31)19(12-30)20(13-36-37(33,34)35)23(26-14)29-28-17-6-2-4-15(10-17)24(32)27-21-7-3-5-16-11-25-9-8-18(16)21/h2-12,31H,13H2,1H3,(H,27,32)(H2,33,34,35). The highest BCUT2D eigenvalue weighted by atomic mass is 31.2. The predicted molar refractivity (Wildman–Crippen MR) is 133 cm³/mol. The van der Waals surface area contributed by atoms with Crippen molar-refractivity contribution in [3.8, 4) is 5.75 Å². The second-order valence-electron chi connectivity index (χ2n) is 7.75. The molecule has 0 saturated carbocycles. The van der Waals surface area contributed by atoms with E-state index in [-0.39, 0.29) is 39.8 Å². The molecule has 0 spiro atoms. The van der Waals surface area contributed by atoms with Gasteiger partial charge in [-0.05, 0) is 37.3 Å². The van der Waals surface area contributed by atoms with Crippen molar-refractivity contribution in [2.45, 2.75) is 13.5 Å². The number of nitrogens with one attached hydrogen (secondary N) is 1. The molecule has 2 heterocycles. The number of azo groups is 1. The Labute approximate surface area is 209 Å². The van der Waals surface area contributed by atoms with Crippen LogP contribution in [0.3, 0.4) is 0 Å². The molecular weight excluding hydrogens is 501 g/mol. The Morgan fingerprint density at radius 3 is 2.70 bits per heavy atom. The minimum Gasteiger partial charge on any atom is -0.505 e. The molecule has 0 aliphatic heterocycles. The quantitative estimate of drug-likeness (QED) is 0.145. The molecule has 2 aromatic heterocycles. The van der Waals surface area contributed by atoms with Crippen LogP contribution in [0, 0.1) is 6.92 Å². The van der Waals surface area contributed by atoms with Crippen LogP contribution in [0.25, 0.3) is 10.8 Å². The first-order valence-corrected chi connectivity index (χ1v) is 12.2. The molecule has 0 aliphatic rings. The van der Waals surface area contributed by atoms with Crippen LogP contribution in [-0.4, -0.2) is 37.1 Å². The van der Waals surface area contributed by atoms with E-state index in [0.717, 1.165) is 10.8 Å². The van der Waals surface area contributed by atoms with Crippen LogP contribution in [-0.2, 0) is 15.7 Å². The van der Waals surface area contributed by atoms with Gasteiger partial charge in [0.25, 0.3) is 5.91 Å². The minimum atomic E-state index is -4.89. The average Bonchev–Trinajstić information content (AvgIpc) is 2.88. The summed E-state index contributed by atoms with van der Waals surface area (Å²) in [6.07, 6.45) is 3.63. The van der Waals surface area contributed by atoms with Crippen LogP contribution in [0.15, 0.2) is 71.2 Å². The fourth-order valence-corrected chi connectivity index (χ4v) is 3.78. The largest absolute Gasteiger partial charge is 0.505 e. The molecule has 37 heavy (non-hydrogen) atoms. The lowest BCUT2D eigenvalue weighted by molar-refractivity contribution is 0.102. The lowest BCUT2D eigenvalue weighted by Crippen LogP contribution is -2.11. The summed E-state index contributed by atoms with van der Waals surface area (Å²) >= 11 is 0. The van der Waals surface area contributed by atoms with Crippen molar-refractivity contribution >= 4 is 48.0 Å². The Hall–Kier alpha value is -4.35. The summed E-state index contributed by atoms with van der Waals surface area (Å²) in [6.45, 7) is 0.666. The van der Waals surface area contributed by atoms with E-state index in [9.17, 15) is 19.3 Å². The maximum atomic E-state index is 12.9. The van der Waals surface area contributed by atoms with Gasteiger partial charge in [0.15, 0.2) is 12.1 Å². The highest BCUT2D eigenvalue weighted by molar-refractivity contribution is 7.46. The molecule has 2 aromatic carbocycles. The fourth-order valence-electron chi connectivity index (χ4n) is 3.48. The number of phosphoric ester groups is 1. The highest BCUT2D eigenvalue weighted by Gasteiger charge is 2.22. The number of anilines is 1. The Bertz CT molecular complexity index is 1580. The number of aromatic hydroxyl groups is 1. The van der Waals surface area contributed by atoms with E-state index in [1.165, 1.54) is 13.0 Å². The number of pyridine rings is 2. The second-order valence-corrected chi connectivity index (χ2v) is 8.99. The summed E-state index contributed by atoms with van der Waals surface area (Å²) < 4.78 is 15.6. The molecule has 13 heteroatoms. The highest BCUT2D eigenvalue weighted by Crippen LogP contribution is 2.40. The van der Waals surface area contributed by atoms with E-state index >= 15 is 0 Å². The van der Waals surface area contributed by atoms with Gasteiger partial charge in [-0.25, -0.2) is 9.55 Å². The number of aldehydes is 1. The van der Waals surface area contributed by atoms with Gasteiger partial charge in [-0.2, -0.15) is 0 Å². The van der Waals surface area contributed by atoms with Crippen molar-refractivity contribution in [1.29, 1.82) is 0 Å². The number of fused-ring (bicyclic) bond motifs is 1. The third-order valence-corrected chi connectivity index (χ3v) is 5.72. The van der Waals surface area contributed by atoms with Gasteiger partial charge in [0, 0.05) is 40.0 Å². The lowest BCUT2D eigenvalue weighted by Gasteiger charge is -2.12. The molecule has 0 fully saturated rings. The average molecular weight is 521 g/mol. The number of benzene rings is 2.